The van der Waals surface area contributed by atoms with Crippen molar-refractivity contribution in [2.24, 2.45) is 0 Å². The highest BCUT2D eigenvalue weighted by molar-refractivity contribution is 8.00. The maximum absolute atomic E-state index is 13.9. The fourth-order valence-corrected chi connectivity index (χ4v) is 6.38. The molecule has 0 bridgehead atoms. The molecule has 6 rings (SSSR count). The van der Waals surface area contributed by atoms with Crippen LogP contribution in [0.1, 0.15) is 29.2 Å². The first kappa shape index (κ1) is 27.7. The molecule has 1 saturated carbocycles. The van der Waals surface area contributed by atoms with Gasteiger partial charge in [-0.2, -0.15) is 5.10 Å². The van der Waals surface area contributed by atoms with Gasteiger partial charge in [0.25, 0.3) is 0 Å². The van der Waals surface area contributed by atoms with Crippen molar-refractivity contribution in [1.82, 2.24) is 15.1 Å². The van der Waals surface area contributed by atoms with E-state index in [1.54, 1.807) is 30.9 Å². The van der Waals surface area contributed by atoms with Crippen molar-refractivity contribution in [3.63, 3.8) is 0 Å². The van der Waals surface area contributed by atoms with Gasteiger partial charge in [0.2, 0.25) is 11.8 Å². The van der Waals surface area contributed by atoms with Gasteiger partial charge < -0.3 is 19.5 Å². The molecule has 2 heterocycles. The Bertz CT molecular complexity index is 1600. The zero-order valence-electron chi connectivity index (χ0n) is 23.7. The Labute approximate surface area is 248 Å². The molecule has 42 heavy (non-hydrogen) atoms. The first-order valence-electron chi connectivity index (χ1n) is 13.8. The Kier molecular flexibility index (Phi) is 7.80. The largest absolute Gasteiger partial charge is 0.497 e. The van der Waals surface area contributed by atoms with E-state index in [0.29, 0.717) is 28.8 Å². The van der Waals surface area contributed by atoms with Gasteiger partial charge >= 0.3 is 0 Å². The fraction of sp³-hybridized carbons (Fsp3) is 0.281. The Hall–Kier alpha value is -4.44. The number of amides is 2. The minimum atomic E-state index is -0.354. The summed E-state index contributed by atoms with van der Waals surface area (Å²) in [5, 5.41) is 7.82. The van der Waals surface area contributed by atoms with Crippen molar-refractivity contribution in [2.75, 3.05) is 38.5 Å². The van der Waals surface area contributed by atoms with Crippen molar-refractivity contribution in [3.05, 3.63) is 83.9 Å². The Morgan fingerprint density at radius 1 is 0.952 bits per heavy atom. The van der Waals surface area contributed by atoms with Crippen molar-refractivity contribution in [3.8, 4) is 34.2 Å². The predicted octanol–water partition coefficient (Wildman–Crippen LogP) is 5.01. The maximum Gasteiger partial charge on any atom is 0.240 e. The van der Waals surface area contributed by atoms with Crippen LogP contribution in [0.3, 0.4) is 0 Å². The van der Waals surface area contributed by atoms with Crippen LogP contribution in [0.5, 0.6) is 17.2 Å². The Morgan fingerprint density at radius 3 is 2.33 bits per heavy atom. The number of methoxy groups -OCH3 is 3. The molecule has 10 heteroatoms. The molecule has 1 aromatic heterocycles. The number of ether oxygens (including phenoxy) is 3. The molecular formula is C32H32N4O5S. The average Bonchev–Trinajstić information content (AvgIpc) is 3.78. The van der Waals surface area contributed by atoms with E-state index in [2.05, 4.69) is 5.32 Å². The van der Waals surface area contributed by atoms with Gasteiger partial charge in [0.15, 0.2) is 0 Å². The first-order valence-corrected chi connectivity index (χ1v) is 14.8. The van der Waals surface area contributed by atoms with Crippen molar-refractivity contribution in [1.29, 1.82) is 0 Å². The van der Waals surface area contributed by atoms with Crippen molar-refractivity contribution < 1.29 is 23.8 Å². The third kappa shape index (κ3) is 5.42. The zero-order chi connectivity index (χ0) is 29.2. The molecule has 0 spiro atoms. The lowest BCUT2D eigenvalue weighted by molar-refractivity contribution is -0.123. The molecule has 1 aliphatic carbocycles. The topological polar surface area (TPSA) is 94.9 Å². The Balaban J connectivity index is 1.62. The molecule has 1 aliphatic heterocycles. The van der Waals surface area contributed by atoms with Crippen LogP contribution >= 0.6 is 11.8 Å². The summed E-state index contributed by atoms with van der Waals surface area (Å²) in [5.41, 5.74) is 4.01. The van der Waals surface area contributed by atoms with E-state index >= 15 is 0 Å². The molecule has 3 aromatic carbocycles. The number of anilines is 1. The van der Waals surface area contributed by atoms with Gasteiger partial charge in [0.1, 0.15) is 29.6 Å². The molecule has 0 saturated heterocycles. The normalized spacial score (nSPS) is 16.4. The average molecular weight is 585 g/mol. The minimum absolute atomic E-state index is 0.110. The van der Waals surface area contributed by atoms with Crippen molar-refractivity contribution in [2.45, 2.75) is 24.1 Å². The van der Waals surface area contributed by atoms with Gasteiger partial charge in [0, 0.05) is 22.7 Å². The summed E-state index contributed by atoms with van der Waals surface area (Å²) in [6.45, 7) is -0.110. The summed E-state index contributed by atoms with van der Waals surface area (Å²) in [4.78, 5) is 28.7. The molecule has 0 unspecified atom stereocenters. The van der Waals surface area contributed by atoms with Gasteiger partial charge in [0.05, 0.1) is 43.7 Å². The van der Waals surface area contributed by atoms with E-state index in [9.17, 15) is 9.59 Å². The van der Waals surface area contributed by atoms with Crippen LogP contribution in [-0.2, 0) is 9.59 Å². The molecule has 1 N–H and O–H groups in total. The van der Waals surface area contributed by atoms with Gasteiger partial charge in [-0.15, -0.1) is 11.8 Å². The van der Waals surface area contributed by atoms with Crippen LogP contribution in [-0.4, -0.2) is 61.3 Å². The molecule has 4 aromatic rings. The highest BCUT2D eigenvalue weighted by Gasteiger charge is 2.39. The smallest absolute Gasteiger partial charge is 0.240 e. The molecule has 1 fully saturated rings. The number of carbonyl (C=O) groups is 2. The molecular weight excluding hydrogens is 552 g/mol. The van der Waals surface area contributed by atoms with Crippen LogP contribution in [0.2, 0.25) is 0 Å². The van der Waals surface area contributed by atoms with Crippen molar-refractivity contribution >= 4 is 29.4 Å². The second-order valence-corrected chi connectivity index (χ2v) is 11.3. The van der Waals surface area contributed by atoms with E-state index in [0.717, 1.165) is 35.2 Å². The van der Waals surface area contributed by atoms with Crippen LogP contribution < -0.4 is 24.4 Å². The number of hydrogen-bond acceptors (Lipinski definition) is 7. The van der Waals surface area contributed by atoms with E-state index in [-0.39, 0.29) is 35.4 Å². The Morgan fingerprint density at radius 2 is 1.67 bits per heavy atom. The minimum Gasteiger partial charge on any atom is -0.497 e. The summed E-state index contributed by atoms with van der Waals surface area (Å²) in [7, 11) is 4.87. The van der Waals surface area contributed by atoms with E-state index in [4.69, 9.17) is 19.3 Å². The van der Waals surface area contributed by atoms with Gasteiger partial charge in [-0.3, -0.25) is 14.5 Å². The first-order chi connectivity index (χ1) is 20.5. The third-order valence-electron chi connectivity index (χ3n) is 7.42. The highest BCUT2D eigenvalue weighted by Crippen LogP contribution is 2.51. The number of hydrogen-bond donors (Lipinski definition) is 1. The van der Waals surface area contributed by atoms with Gasteiger partial charge in [-0.1, -0.05) is 30.3 Å². The molecule has 1 atom stereocenters. The number of nitrogens with one attached hydrogen (secondary N) is 1. The second kappa shape index (κ2) is 11.8. The van der Waals surface area contributed by atoms with Gasteiger partial charge in [-0.05, 0) is 55.3 Å². The third-order valence-corrected chi connectivity index (χ3v) is 8.65. The summed E-state index contributed by atoms with van der Waals surface area (Å²) >= 11 is 1.49. The number of fused-ring (bicyclic) bond motifs is 1. The van der Waals surface area contributed by atoms with E-state index < -0.39 is 0 Å². The summed E-state index contributed by atoms with van der Waals surface area (Å²) < 4.78 is 18.6. The van der Waals surface area contributed by atoms with E-state index in [1.165, 1.54) is 11.8 Å². The fourth-order valence-electron chi connectivity index (χ4n) is 5.17. The number of rotatable bonds is 9. The highest BCUT2D eigenvalue weighted by atomic mass is 32.2. The van der Waals surface area contributed by atoms with E-state index in [1.807, 2.05) is 72.8 Å². The molecule has 2 amide bonds. The predicted molar refractivity (Wildman–Crippen MR) is 163 cm³/mol. The lowest BCUT2D eigenvalue weighted by Crippen LogP contribution is -2.43. The maximum atomic E-state index is 13.9. The molecule has 9 nitrogen and oxygen atoms in total. The standard InChI is InChI=1S/C32H32N4O5S/c1-39-23-13-11-22(12-14-23)36-32-29(30(34-36)20-7-5-4-6-8-20)31(25-17-24(40-2)15-16-26(25)41-3)42-19-28(38)35(32)18-27(37)33-21-9-10-21/h4-8,11-17,21,31H,9-10,18-19H2,1-3H3,(H,33,37)/t31-/m0/s1. The SMILES string of the molecule is COc1ccc(-n2nc(-c3ccccc3)c3c2N(CC(=O)NC2CC2)C(=O)CS[C@H]3c2cc(OC)ccc2OC)cc1. The lowest BCUT2D eigenvalue weighted by atomic mass is 9.98. The zero-order valence-corrected chi connectivity index (χ0v) is 24.5. The summed E-state index contributed by atoms with van der Waals surface area (Å²) in [5.74, 6) is 2.39. The number of thioether (sulfide) groups is 1. The number of aromatic nitrogens is 2. The second-order valence-electron chi connectivity index (χ2n) is 10.2. The van der Waals surface area contributed by atoms with Gasteiger partial charge in [-0.25, -0.2) is 4.68 Å². The van der Waals surface area contributed by atoms with Crippen LogP contribution in [0.4, 0.5) is 5.82 Å². The van der Waals surface area contributed by atoms with Crippen LogP contribution in [0, 0.1) is 0 Å². The quantitative estimate of drug-likeness (QED) is 0.296. The summed E-state index contributed by atoms with van der Waals surface area (Å²) in [6.07, 6.45) is 1.92. The number of nitrogens with zero attached hydrogens (tertiary/aromatic N) is 3. The molecule has 2 aliphatic rings. The molecule has 216 valence electrons. The number of benzene rings is 3. The molecule has 0 radical (unpaired) electrons. The summed E-state index contributed by atoms with van der Waals surface area (Å²) in [6, 6.07) is 23.2. The monoisotopic (exact) mass is 584 g/mol. The van der Waals surface area contributed by atoms with Crippen LogP contribution in [0.15, 0.2) is 72.8 Å². The lowest BCUT2D eigenvalue weighted by Gasteiger charge is -2.23. The van der Waals surface area contributed by atoms with Crippen LogP contribution in [0.25, 0.3) is 16.9 Å². The number of carbonyl (C=O) groups excluding carboxylic acids is 2.